The van der Waals surface area contributed by atoms with Crippen molar-refractivity contribution in [1.82, 2.24) is 5.32 Å². The first-order valence-corrected chi connectivity index (χ1v) is 4.51. The molecule has 1 aliphatic carbocycles. The number of carbonyl (C=O) groups excluding carboxylic acids is 1. The van der Waals surface area contributed by atoms with Crippen LogP contribution in [0.3, 0.4) is 0 Å². The highest BCUT2D eigenvalue weighted by Gasteiger charge is 2.35. The van der Waals surface area contributed by atoms with Crippen molar-refractivity contribution >= 4 is 5.91 Å². The minimum absolute atomic E-state index is 0.0570. The second-order valence-electron chi connectivity index (χ2n) is 3.86. The SMILES string of the molecule is CC(=O)N[C@]1(C)CCCC[C@@H]1O. The van der Waals surface area contributed by atoms with Gasteiger partial charge in [0.05, 0.1) is 11.6 Å². The van der Waals surface area contributed by atoms with Crippen molar-refractivity contribution in [2.75, 3.05) is 0 Å². The molecule has 1 aliphatic rings. The van der Waals surface area contributed by atoms with Crippen molar-refractivity contribution in [2.45, 2.75) is 51.2 Å². The van der Waals surface area contributed by atoms with Gasteiger partial charge in [-0.05, 0) is 19.8 Å². The first kappa shape index (κ1) is 9.52. The van der Waals surface area contributed by atoms with Gasteiger partial charge in [0.2, 0.25) is 5.91 Å². The van der Waals surface area contributed by atoms with Crippen LogP contribution >= 0.6 is 0 Å². The molecule has 0 aromatic carbocycles. The molecule has 0 unspecified atom stereocenters. The first-order valence-electron chi connectivity index (χ1n) is 4.51. The van der Waals surface area contributed by atoms with Gasteiger partial charge < -0.3 is 10.4 Å². The number of hydrogen-bond donors (Lipinski definition) is 2. The van der Waals surface area contributed by atoms with Crippen molar-refractivity contribution in [3.05, 3.63) is 0 Å². The summed E-state index contributed by atoms with van der Waals surface area (Å²) in [6.45, 7) is 3.41. The molecule has 0 aromatic heterocycles. The van der Waals surface area contributed by atoms with Crippen molar-refractivity contribution in [3.63, 3.8) is 0 Å². The smallest absolute Gasteiger partial charge is 0.217 e. The number of hydrogen-bond acceptors (Lipinski definition) is 2. The molecule has 0 aromatic rings. The molecule has 70 valence electrons. The second kappa shape index (κ2) is 3.44. The Morgan fingerprint density at radius 1 is 1.58 bits per heavy atom. The largest absolute Gasteiger partial charge is 0.391 e. The summed E-state index contributed by atoms with van der Waals surface area (Å²) in [5.41, 5.74) is -0.385. The van der Waals surface area contributed by atoms with Crippen molar-refractivity contribution in [1.29, 1.82) is 0 Å². The standard InChI is InChI=1S/C9H17NO2/c1-7(11)10-9(2)6-4-3-5-8(9)12/h8,12H,3-6H2,1-2H3,(H,10,11)/t8-,9+/m0/s1. The third-order valence-electron chi connectivity index (χ3n) is 2.62. The second-order valence-corrected chi connectivity index (χ2v) is 3.86. The third kappa shape index (κ3) is 1.97. The average Bonchev–Trinajstić information content (AvgIpc) is 1.94. The van der Waals surface area contributed by atoms with Crippen LogP contribution in [0.5, 0.6) is 0 Å². The highest BCUT2D eigenvalue weighted by atomic mass is 16.3. The molecule has 3 heteroatoms. The van der Waals surface area contributed by atoms with E-state index in [1.807, 2.05) is 6.92 Å². The summed E-state index contributed by atoms with van der Waals surface area (Å²) in [7, 11) is 0. The lowest BCUT2D eigenvalue weighted by Gasteiger charge is -2.38. The quantitative estimate of drug-likeness (QED) is 0.613. The molecule has 1 rings (SSSR count). The number of nitrogens with one attached hydrogen (secondary N) is 1. The number of amides is 1. The van der Waals surface area contributed by atoms with Crippen LogP contribution in [0.1, 0.15) is 39.5 Å². The number of aliphatic hydroxyl groups is 1. The Balaban J connectivity index is 2.59. The molecule has 0 bridgehead atoms. The average molecular weight is 171 g/mol. The van der Waals surface area contributed by atoms with Gasteiger partial charge in [-0.3, -0.25) is 4.79 Å². The highest BCUT2D eigenvalue weighted by molar-refractivity contribution is 5.73. The topological polar surface area (TPSA) is 49.3 Å². The highest BCUT2D eigenvalue weighted by Crippen LogP contribution is 2.27. The van der Waals surface area contributed by atoms with E-state index in [0.29, 0.717) is 0 Å². The van der Waals surface area contributed by atoms with Gasteiger partial charge in [0, 0.05) is 6.92 Å². The van der Waals surface area contributed by atoms with E-state index >= 15 is 0 Å². The zero-order chi connectivity index (χ0) is 9.19. The minimum Gasteiger partial charge on any atom is -0.391 e. The molecular weight excluding hydrogens is 154 g/mol. The zero-order valence-corrected chi connectivity index (χ0v) is 7.76. The lowest BCUT2D eigenvalue weighted by atomic mass is 9.81. The van der Waals surface area contributed by atoms with Gasteiger partial charge in [-0.2, -0.15) is 0 Å². The molecular formula is C9H17NO2. The Labute approximate surface area is 73.2 Å². The Morgan fingerprint density at radius 2 is 2.25 bits per heavy atom. The fraction of sp³-hybridized carbons (Fsp3) is 0.889. The molecule has 0 heterocycles. The fourth-order valence-electron chi connectivity index (χ4n) is 1.86. The number of rotatable bonds is 1. The van der Waals surface area contributed by atoms with E-state index in [2.05, 4.69) is 5.32 Å². The van der Waals surface area contributed by atoms with Gasteiger partial charge in [-0.1, -0.05) is 12.8 Å². The summed E-state index contributed by atoms with van der Waals surface area (Å²) in [6.07, 6.45) is 3.46. The first-order chi connectivity index (χ1) is 5.54. The van der Waals surface area contributed by atoms with Crippen LogP contribution < -0.4 is 5.32 Å². The maximum Gasteiger partial charge on any atom is 0.217 e. The Hall–Kier alpha value is -0.570. The summed E-state index contributed by atoms with van der Waals surface area (Å²) in [4.78, 5) is 10.8. The lowest BCUT2D eigenvalue weighted by molar-refractivity contribution is -0.123. The van der Waals surface area contributed by atoms with Gasteiger partial charge in [0.15, 0.2) is 0 Å². The normalized spacial score (nSPS) is 36.1. The van der Waals surface area contributed by atoms with E-state index in [-0.39, 0.29) is 17.6 Å². The predicted octanol–water partition coefficient (Wildman–Crippen LogP) is 0.816. The number of carbonyl (C=O) groups is 1. The van der Waals surface area contributed by atoms with Crippen LogP contribution in [-0.4, -0.2) is 22.7 Å². The monoisotopic (exact) mass is 171 g/mol. The molecule has 0 aliphatic heterocycles. The van der Waals surface area contributed by atoms with E-state index in [1.54, 1.807) is 0 Å². The van der Waals surface area contributed by atoms with Crippen LogP contribution in [0, 0.1) is 0 Å². The molecule has 1 fully saturated rings. The van der Waals surface area contributed by atoms with Crippen LogP contribution in [0.15, 0.2) is 0 Å². The van der Waals surface area contributed by atoms with Crippen molar-refractivity contribution in [3.8, 4) is 0 Å². The molecule has 2 atom stereocenters. The van der Waals surface area contributed by atoms with E-state index in [0.717, 1.165) is 25.7 Å². The maximum absolute atomic E-state index is 10.8. The summed E-state index contributed by atoms with van der Waals surface area (Å²) in [5.74, 6) is -0.0570. The van der Waals surface area contributed by atoms with Crippen molar-refractivity contribution < 1.29 is 9.90 Å². The van der Waals surface area contributed by atoms with Crippen LogP contribution in [0.25, 0.3) is 0 Å². The summed E-state index contributed by atoms with van der Waals surface area (Å²) in [6, 6.07) is 0. The molecule has 0 spiro atoms. The van der Waals surface area contributed by atoms with E-state index in [4.69, 9.17) is 0 Å². The Bertz CT molecular complexity index is 181. The Kier molecular flexibility index (Phi) is 2.73. The van der Waals surface area contributed by atoms with Crippen LogP contribution in [0.4, 0.5) is 0 Å². The van der Waals surface area contributed by atoms with Gasteiger partial charge in [-0.15, -0.1) is 0 Å². The molecule has 1 amide bonds. The third-order valence-corrected chi connectivity index (χ3v) is 2.62. The van der Waals surface area contributed by atoms with Gasteiger partial charge in [-0.25, -0.2) is 0 Å². The van der Waals surface area contributed by atoms with E-state index in [1.165, 1.54) is 6.92 Å². The fourth-order valence-corrected chi connectivity index (χ4v) is 1.86. The minimum atomic E-state index is -0.385. The molecule has 3 nitrogen and oxygen atoms in total. The summed E-state index contributed by atoms with van der Waals surface area (Å²) in [5, 5.41) is 12.5. The van der Waals surface area contributed by atoms with Gasteiger partial charge >= 0.3 is 0 Å². The van der Waals surface area contributed by atoms with Crippen LogP contribution in [0.2, 0.25) is 0 Å². The van der Waals surface area contributed by atoms with Crippen molar-refractivity contribution in [2.24, 2.45) is 0 Å². The maximum atomic E-state index is 10.8. The van der Waals surface area contributed by atoms with Gasteiger partial charge in [0.1, 0.15) is 0 Å². The molecule has 1 saturated carbocycles. The molecule has 12 heavy (non-hydrogen) atoms. The predicted molar refractivity (Wildman–Crippen MR) is 46.7 cm³/mol. The molecule has 2 N–H and O–H groups in total. The summed E-state index contributed by atoms with van der Waals surface area (Å²) >= 11 is 0. The zero-order valence-electron chi connectivity index (χ0n) is 7.76. The molecule has 0 saturated heterocycles. The lowest BCUT2D eigenvalue weighted by Crippen LogP contribution is -2.55. The van der Waals surface area contributed by atoms with E-state index in [9.17, 15) is 9.90 Å². The summed E-state index contributed by atoms with van der Waals surface area (Å²) < 4.78 is 0. The van der Waals surface area contributed by atoms with Crippen LogP contribution in [-0.2, 0) is 4.79 Å². The number of aliphatic hydroxyl groups excluding tert-OH is 1. The molecule has 0 radical (unpaired) electrons. The van der Waals surface area contributed by atoms with Gasteiger partial charge in [0.25, 0.3) is 0 Å². The van der Waals surface area contributed by atoms with E-state index < -0.39 is 0 Å². The Morgan fingerprint density at radius 3 is 2.75 bits per heavy atom.